The standard InChI is InChI=1S/C26H30N2O5/c1-15(25(30)31)16(2)27-24(29)13-23(17-11-12-17)28-26(32)33-14-22-20-9-5-3-7-18(20)19-8-4-6-10-21(19)22/h3-10,15-17,22-23H,11-14H2,1-2H3,(H,27,29)(H,28,32)(H,30,31). The number of benzene rings is 2. The molecule has 4 rings (SSSR count). The molecule has 2 aromatic rings. The summed E-state index contributed by atoms with van der Waals surface area (Å²) in [5, 5.41) is 14.7. The van der Waals surface area contributed by atoms with Crippen LogP contribution in [0.2, 0.25) is 0 Å². The third-order valence-corrected chi connectivity index (χ3v) is 6.77. The van der Waals surface area contributed by atoms with Crippen molar-refractivity contribution in [3.05, 3.63) is 59.7 Å². The lowest BCUT2D eigenvalue weighted by atomic mass is 9.98. The molecule has 0 radical (unpaired) electrons. The molecule has 0 aliphatic heterocycles. The Bertz CT molecular complexity index is 1000. The number of nitrogens with one attached hydrogen (secondary N) is 2. The second-order valence-corrected chi connectivity index (χ2v) is 9.10. The van der Waals surface area contributed by atoms with E-state index < -0.39 is 24.0 Å². The maximum Gasteiger partial charge on any atom is 0.407 e. The van der Waals surface area contributed by atoms with Gasteiger partial charge in [0.15, 0.2) is 0 Å². The molecule has 2 aliphatic carbocycles. The summed E-state index contributed by atoms with van der Waals surface area (Å²) >= 11 is 0. The molecule has 7 heteroatoms. The molecule has 0 spiro atoms. The molecule has 0 saturated heterocycles. The Kier molecular flexibility index (Phi) is 6.67. The highest BCUT2D eigenvalue weighted by Crippen LogP contribution is 2.44. The second-order valence-electron chi connectivity index (χ2n) is 9.10. The lowest BCUT2D eigenvalue weighted by molar-refractivity contribution is -0.142. The number of aliphatic carboxylic acids is 1. The number of carbonyl (C=O) groups excluding carboxylic acids is 2. The highest BCUT2D eigenvalue weighted by atomic mass is 16.5. The SMILES string of the molecule is CC(NC(=O)CC(NC(=O)OCC1c2ccccc2-c2ccccc21)C1CC1)C(C)C(=O)O. The van der Waals surface area contributed by atoms with Crippen molar-refractivity contribution in [1.29, 1.82) is 0 Å². The van der Waals surface area contributed by atoms with E-state index in [1.807, 2.05) is 24.3 Å². The Morgan fingerprint density at radius 2 is 1.55 bits per heavy atom. The van der Waals surface area contributed by atoms with Crippen molar-refractivity contribution < 1.29 is 24.2 Å². The second kappa shape index (κ2) is 9.65. The highest BCUT2D eigenvalue weighted by Gasteiger charge is 2.35. The molecule has 3 atom stereocenters. The Morgan fingerprint density at radius 1 is 0.970 bits per heavy atom. The molecular formula is C26H30N2O5. The van der Waals surface area contributed by atoms with Crippen LogP contribution in [-0.4, -0.2) is 41.8 Å². The summed E-state index contributed by atoms with van der Waals surface area (Å²) in [7, 11) is 0. The molecular weight excluding hydrogens is 420 g/mol. The minimum absolute atomic E-state index is 0.0239. The summed E-state index contributed by atoms with van der Waals surface area (Å²) < 4.78 is 5.62. The number of hydrogen-bond donors (Lipinski definition) is 3. The van der Waals surface area contributed by atoms with E-state index in [9.17, 15) is 14.4 Å². The van der Waals surface area contributed by atoms with E-state index in [1.54, 1.807) is 13.8 Å². The van der Waals surface area contributed by atoms with Crippen LogP contribution in [0.1, 0.15) is 50.2 Å². The molecule has 1 saturated carbocycles. The molecule has 7 nitrogen and oxygen atoms in total. The van der Waals surface area contributed by atoms with Crippen LogP contribution in [0.3, 0.4) is 0 Å². The van der Waals surface area contributed by atoms with Gasteiger partial charge in [0.1, 0.15) is 6.61 Å². The summed E-state index contributed by atoms with van der Waals surface area (Å²) in [5.74, 6) is -1.71. The number of ether oxygens (including phenoxy) is 1. The molecule has 2 aromatic carbocycles. The van der Waals surface area contributed by atoms with Gasteiger partial charge in [-0.25, -0.2) is 4.79 Å². The van der Waals surface area contributed by atoms with Crippen LogP contribution < -0.4 is 10.6 Å². The van der Waals surface area contributed by atoms with Gasteiger partial charge in [-0.1, -0.05) is 48.5 Å². The normalized spacial score (nSPS) is 17.3. The molecule has 0 heterocycles. The third-order valence-electron chi connectivity index (χ3n) is 6.77. The van der Waals surface area contributed by atoms with E-state index in [-0.39, 0.29) is 36.8 Å². The summed E-state index contributed by atoms with van der Waals surface area (Å²) in [6, 6.07) is 15.5. The highest BCUT2D eigenvalue weighted by molar-refractivity contribution is 5.80. The van der Waals surface area contributed by atoms with Crippen LogP contribution in [0.25, 0.3) is 11.1 Å². The summed E-state index contributed by atoms with van der Waals surface area (Å²) in [4.78, 5) is 36.2. The van der Waals surface area contributed by atoms with Crippen molar-refractivity contribution in [2.75, 3.05) is 6.61 Å². The third kappa shape index (κ3) is 5.18. The van der Waals surface area contributed by atoms with Crippen molar-refractivity contribution in [1.82, 2.24) is 10.6 Å². The van der Waals surface area contributed by atoms with Gasteiger partial charge in [-0.2, -0.15) is 0 Å². The van der Waals surface area contributed by atoms with Crippen LogP contribution >= 0.6 is 0 Å². The first-order chi connectivity index (χ1) is 15.8. The van der Waals surface area contributed by atoms with Crippen LogP contribution in [-0.2, 0) is 14.3 Å². The number of hydrogen-bond acceptors (Lipinski definition) is 4. The molecule has 3 N–H and O–H groups in total. The van der Waals surface area contributed by atoms with E-state index in [2.05, 4.69) is 34.9 Å². The number of amides is 2. The van der Waals surface area contributed by atoms with E-state index in [4.69, 9.17) is 9.84 Å². The van der Waals surface area contributed by atoms with Gasteiger partial charge in [0.05, 0.1) is 5.92 Å². The molecule has 3 unspecified atom stereocenters. The lowest BCUT2D eigenvalue weighted by Gasteiger charge is -2.22. The first-order valence-electron chi connectivity index (χ1n) is 11.5. The molecule has 0 aromatic heterocycles. The zero-order valence-corrected chi connectivity index (χ0v) is 18.9. The largest absolute Gasteiger partial charge is 0.481 e. The van der Waals surface area contributed by atoms with E-state index >= 15 is 0 Å². The van der Waals surface area contributed by atoms with Crippen molar-refractivity contribution in [2.45, 2.75) is 51.1 Å². The smallest absolute Gasteiger partial charge is 0.407 e. The monoisotopic (exact) mass is 450 g/mol. The maximum absolute atomic E-state index is 12.6. The zero-order chi connectivity index (χ0) is 23.5. The number of carbonyl (C=O) groups is 3. The van der Waals surface area contributed by atoms with E-state index in [0.717, 1.165) is 24.0 Å². The van der Waals surface area contributed by atoms with Gasteiger partial charge in [0.2, 0.25) is 5.91 Å². The average Bonchev–Trinajstić information content (AvgIpc) is 3.59. The van der Waals surface area contributed by atoms with Crippen molar-refractivity contribution in [2.24, 2.45) is 11.8 Å². The molecule has 2 aliphatic rings. The fourth-order valence-corrected chi connectivity index (χ4v) is 4.48. The summed E-state index contributed by atoms with van der Waals surface area (Å²) in [6.07, 6.45) is 1.46. The van der Waals surface area contributed by atoms with Gasteiger partial charge < -0.3 is 20.5 Å². The molecule has 174 valence electrons. The van der Waals surface area contributed by atoms with Crippen LogP contribution in [0.4, 0.5) is 4.79 Å². The first kappa shape index (κ1) is 22.8. The lowest BCUT2D eigenvalue weighted by Crippen LogP contribution is -2.45. The zero-order valence-electron chi connectivity index (χ0n) is 18.9. The number of fused-ring (bicyclic) bond motifs is 3. The predicted octanol–water partition coefficient (Wildman–Crippen LogP) is 3.92. The van der Waals surface area contributed by atoms with Crippen LogP contribution in [0, 0.1) is 11.8 Å². The van der Waals surface area contributed by atoms with Crippen LogP contribution in [0.15, 0.2) is 48.5 Å². The van der Waals surface area contributed by atoms with Gasteiger partial charge >= 0.3 is 12.1 Å². The Labute approximate surface area is 193 Å². The maximum atomic E-state index is 12.6. The fraction of sp³-hybridized carbons (Fsp3) is 0.423. The summed E-state index contributed by atoms with van der Waals surface area (Å²) in [5.41, 5.74) is 4.62. The topological polar surface area (TPSA) is 105 Å². The quantitative estimate of drug-likeness (QED) is 0.537. The number of carboxylic acid groups (broad SMARTS) is 1. The Hall–Kier alpha value is -3.35. The van der Waals surface area contributed by atoms with E-state index in [0.29, 0.717) is 0 Å². The number of rotatable bonds is 9. The fourth-order valence-electron chi connectivity index (χ4n) is 4.48. The van der Waals surface area contributed by atoms with Gasteiger partial charge in [0, 0.05) is 24.4 Å². The minimum Gasteiger partial charge on any atom is -0.481 e. The number of carboxylic acids is 1. The summed E-state index contributed by atoms with van der Waals surface area (Å²) in [6.45, 7) is 3.44. The molecule has 0 bridgehead atoms. The van der Waals surface area contributed by atoms with Gasteiger partial charge in [-0.05, 0) is 54.9 Å². The number of alkyl carbamates (subject to hydrolysis) is 1. The van der Waals surface area contributed by atoms with Crippen molar-refractivity contribution >= 4 is 18.0 Å². The minimum atomic E-state index is -0.960. The average molecular weight is 451 g/mol. The van der Waals surface area contributed by atoms with Crippen LogP contribution in [0.5, 0.6) is 0 Å². The molecule has 33 heavy (non-hydrogen) atoms. The Balaban J connectivity index is 1.34. The van der Waals surface area contributed by atoms with E-state index in [1.165, 1.54) is 11.1 Å². The molecule has 1 fully saturated rings. The molecule has 2 amide bonds. The van der Waals surface area contributed by atoms with Crippen molar-refractivity contribution in [3.8, 4) is 11.1 Å². The predicted molar refractivity (Wildman–Crippen MR) is 124 cm³/mol. The first-order valence-corrected chi connectivity index (χ1v) is 11.5. The Morgan fingerprint density at radius 3 is 2.09 bits per heavy atom. The van der Waals surface area contributed by atoms with Crippen molar-refractivity contribution in [3.63, 3.8) is 0 Å². The van der Waals surface area contributed by atoms with Gasteiger partial charge in [-0.15, -0.1) is 0 Å². The van der Waals surface area contributed by atoms with Gasteiger partial charge in [-0.3, -0.25) is 9.59 Å². The van der Waals surface area contributed by atoms with Gasteiger partial charge in [0.25, 0.3) is 0 Å².